The summed E-state index contributed by atoms with van der Waals surface area (Å²) in [6, 6.07) is 0.0483. The third-order valence-corrected chi connectivity index (χ3v) is 7.76. The van der Waals surface area contributed by atoms with E-state index in [-0.39, 0.29) is 18.2 Å². The van der Waals surface area contributed by atoms with Gasteiger partial charge in [-0.1, -0.05) is 31.4 Å². The summed E-state index contributed by atoms with van der Waals surface area (Å²) in [5.41, 5.74) is -0.906. The van der Waals surface area contributed by atoms with Gasteiger partial charge in [-0.2, -0.15) is 0 Å². The summed E-state index contributed by atoms with van der Waals surface area (Å²) in [6.07, 6.45) is 13.7. The Kier molecular flexibility index (Phi) is 9.16. The van der Waals surface area contributed by atoms with Gasteiger partial charge in [-0.05, 0) is 104 Å². The standard InChI is InChI=1S/C14H25NO3.C14H23NO2/c1-14(2,3)18-13(17)15-12-10-6-4-5-9(10)7-8-11(12)16;1-14(2,3)17-13(16)15-12-9-5-7-10-6-4-8-11(10)12/h9-12,16H,4-8H2,1-3H3,(H,15,17);5,9-12H,4,6-8H2,1-3H3,(H,15,16)/t9-,10-,11-,12-;10-,11-,12+/m00/s1. The molecule has 0 radical (unpaired) electrons. The number of allylic oxidation sites excluding steroid dienone is 1. The first-order valence-corrected chi connectivity index (χ1v) is 13.7. The van der Waals surface area contributed by atoms with Crippen molar-refractivity contribution < 1.29 is 24.2 Å². The largest absolute Gasteiger partial charge is 0.444 e. The van der Waals surface area contributed by atoms with Crippen LogP contribution in [0, 0.1) is 23.7 Å². The Hall–Kier alpha value is -1.76. The van der Waals surface area contributed by atoms with Crippen LogP contribution in [0.3, 0.4) is 0 Å². The Morgan fingerprint density at radius 1 is 0.771 bits per heavy atom. The highest BCUT2D eigenvalue weighted by Crippen LogP contribution is 2.42. The lowest BCUT2D eigenvalue weighted by molar-refractivity contribution is 0.0154. The fourth-order valence-electron chi connectivity index (χ4n) is 6.37. The number of ether oxygens (including phenoxy) is 2. The van der Waals surface area contributed by atoms with Crippen LogP contribution >= 0.6 is 0 Å². The molecule has 7 atom stereocenters. The first-order chi connectivity index (χ1) is 16.3. The van der Waals surface area contributed by atoms with Crippen molar-refractivity contribution in [2.75, 3.05) is 0 Å². The third-order valence-electron chi connectivity index (χ3n) is 7.76. The van der Waals surface area contributed by atoms with Crippen molar-refractivity contribution in [1.29, 1.82) is 0 Å². The number of hydrogen-bond acceptors (Lipinski definition) is 5. The van der Waals surface area contributed by atoms with Crippen LogP contribution in [0.25, 0.3) is 0 Å². The van der Waals surface area contributed by atoms with Crippen molar-refractivity contribution in [3.05, 3.63) is 12.2 Å². The Labute approximate surface area is 211 Å². The van der Waals surface area contributed by atoms with E-state index in [1.54, 1.807) is 0 Å². The third kappa shape index (κ3) is 8.40. The molecule has 0 aromatic rings. The van der Waals surface area contributed by atoms with Gasteiger partial charge in [0.15, 0.2) is 0 Å². The van der Waals surface area contributed by atoms with Crippen molar-refractivity contribution >= 4 is 12.2 Å². The quantitative estimate of drug-likeness (QED) is 0.429. The normalized spacial score (nSPS) is 34.1. The molecule has 4 rings (SSSR count). The maximum atomic E-state index is 11.8. The summed E-state index contributed by atoms with van der Waals surface area (Å²) in [4.78, 5) is 23.6. The van der Waals surface area contributed by atoms with Gasteiger partial charge in [-0.15, -0.1) is 0 Å². The van der Waals surface area contributed by atoms with Crippen LogP contribution in [-0.4, -0.2) is 46.7 Å². The summed E-state index contributed by atoms with van der Waals surface area (Å²) in [7, 11) is 0. The number of aliphatic hydroxyl groups is 1. The van der Waals surface area contributed by atoms with Crippen molar-refractivity contribution in [3.63, 3.8) is 0 Å². The molecule has 7 nitrogen and oxygen atoms in total. The summed E-state index contributed by atoms with van der Waals surface area (Å²) in [5.74, 6) is 2.49. The predicted molar refractivity (Wildman–Crippen MR) is 137 cm³/mol. The zero-order valence-corrected chi connectivity index (χ0v) is 22.6. The zero-order chi connectivity index (χ0) is 25.8. The lowest BCUT2D eigenvalue weighted by Crippen LogP contribution is -2.52. The first kappa shape index (κ1) is 27.8. The predicted octanol–water partition coefficient (Wildman–Crippen LogP) is 5.71. The second-order valence-electron chi connectivity index (χ2n) is 12.9. The number of hydrogen-bond donors (Lipinski definition) is 3. The molecule has 0 heterocycles. The van der Waals surface area contributed by atoms with E-state index in [0.717, 1.165) is 25.2 Å². The molecule has 0 bridgehead atoms. The van der Waals surface area contributed by atoms with Crippen LogP contribution in [0.15, 0.2) is 12.2 Å². The molecular weight excluding hydrogens is 444 g/mol. The second kappa shape index (κ2) is 11.5. The molecule has 4 aliphatic rings. The molecule has 0 saturated heterocycles. The average molecular weight is 493 g/mol. The van der Waals surface area contributed by atoms with E-state index in [2.05, 4.69) is 22.8 Å². The Morgan fingerprint density at radius 2 is 1.34 bits per heavy atom. The number of rotatable bonds is 2. The van der Waals surface area contributed by atoms with Gasteiger partial charge in [-0.25, -0.2) is 9.59 Å². The molecule has 3 fully saturated rings. The van der Waals surface area contributed by atoms with Crippen molar-refractivity contribution in [3.8, 4) is 0 Å². The van der Waals surface area contributed by atoms with Crippen LogP contribution in [-0.2, 0) is 9.47 Å². The van der Waals surface area contributed by atoms with Crippen LogP contribution in [0.5, 0.6) is 0 Å². The number of carbonyl (C=O) groups excluding carboxylic acids is 2. The van der Waals surface area contributed by atoms with E-state index in [9.17, 15) is 14.7 Å². The highest BCUT2D eigenvalue weighted by Gasteiger charge is 2.42. The highest BCUT2D eigenvalue weighted by atomic mass is 16.6. The molecule has 0 unspecified atom stereocenters. The average Bonchev–Trinajstić information content (AvgIpc) is 3.37. The van der Waals surface area contributed by atoms with E-state index < -0.39 is 23.4 Å². The van der Waals surface area contributed by atoms with E-state index >= 15 is 0 Å². The smallest absolute Gasteiger partial charge is 0.408 e. The Bertz CT molecular complexity index is 753. The van der Waals surface area contributed by atoms with Gasteiger partial charge in [0.05, 0.1) is 18.2 Å². The fourth-order valence-corrected chi connectivity index (χ4v) is 6.37. The number of fused-ring (bicyclic) bond motifs is 2. The van der Waals surface area contributed by atoms with Gasteiger partial charge in [-0.3, -0.25) is 0 Å². The minimum absolute atomic E-state index is 0.124. The molecule has 200 valence electrons. The molecular formula is C28H48N2O5. The molecule has 2 amide bonds. The van der Waals surface area contributed by atoms with Gasteiger partial charge in [0.1, 0.15) is 11.2 Å². The summed E-state index contributed by atoms with van der Waals surface area (Å²) >= 11 is 0. The second-order valence-corrected chi connectivity index (χ2v) is 12.9. The Balaban J connectivity index is 0.000000196. The van der Waals surface area contributed by atoms with Crippen molar-refractivity contribution in [2.24, 2.45) is 23.7 Å². The van der Waals surface area contributed by atoms with Gasteiger partial charge in [0, 0.05) is 0 Å². The monoisotopic (exact) mass is 492 g/mol. The molecule has 0 spiro atoms. The summed E-state index contributed by atoms with van der Waals surface area (Å²) in [6.45, 7) is 11.2. The minimum atomic E-state index is -0.487. The molecule has 4 aliphatic carbocycles. The van der Waals surface area contributed by atoms with Crippen LogP contribution in [0.2, 0.25) is 0 Å². The summed E-state index contributed by atoms with van der Waals surface area (Å²) < 4.78 is 10.6. The van der Waals surface area contributed by atoms with Crippen molar-refractivity contribution in [1.82, 2.24) is 10.6 Å². The number of amides is 2. The maximum absolute atomic E-state index is 11.8. The number of nitrogens with one attached hydrogen (secondary N) is 2. The molecule has 3 N–H and O–H groups in total. The molecule has 0 aromatic carbocycles. The van der Waals surface area contributed by atoms with E-state index in [0.29, 0.717) is 17.8 Å². The lowest BCUT2D eigenvalue weighted by atomic mass is 9.76. The van der Waals surface area contributed by atoms with Gasteiger partial charge in [0.2, 0.25) is 0 Å². The van der Waals surface area contributed by atoms with Gasteiger partial charge >= 0.3 is 12.2 Å². The fraction of sp³-hybridized carbons (Fsp3) is 0.857. The van der Waals surface area contributed by atoms with E-state index in [1.807, 2.05) is 41.5 Å². The van der Waals surface area contributed by atoms with Crippen LogP contribution in [0.1, 0.15) is 99.3 Å². The van der Waals surface area contributed by atoms with Crippen LogP contribution in [0.4, 0.5) is 9.59 Å². The molecule has 7 heteroatoms. The number of aliphatic hydroxyl groups excluding tert-OH is 1. The van der Waals surface area contributed by atoms with Gasteiger partial charge < -0.3 is 25.2 Å². The van der Waals surface area contributed by atoms with Crippen LogP contribution < -0.4 is 10.6 Å². The molecule has 0 aromatic heterocycles. The lowest BCUT2D eigenvalue weighted by Gasteiger charge is -2.38. The number of carbonyl (C=O) groups is 2. The minimum Gasteiger partial charge on any atom is -0.444 e. The SMILES string of the molecule is CC(C)(C)OC(=O)N[C@@H]1C=CC[C@@H]2CCC[C@@H]21.CC(C)(C)OC(=O)N[C@H]1[C@H]2CCC[C@H]2CC[C@@H]1O. The maximum Gasteiger partial charge on any atom is 0.408 e. The number of alkyl carbamates (subject to hydrolysis) is 2. The topological polar surface area (TPSA) is 96.9 Å². The zero-order valence-electron chi connectivity index (χ0n) is 22.6. The first-order valence-electron chi connectivity index (χ1n) is 13.7. The Morgan fingerprint density at radius 3 is 1.97 bits per heavy atom. The van der Waals surface area contributed by atoms with E-state index in [1.165, 1.54) is 38.5 Å². The molecule has 3 saturated carbocycles. The van der Waals surface area contributed by atoms with Crippen molar-refractivity contribution in [2.45, 2.75) is 129 Å². The molecule has 0 aliphatic heterocycles. The van der Waals surface area contributed by atoms with E-state index in [4.69, 9.17) is 9.47 Å². The highest BCUT2D eigenvalue weighted by molar-refractivity contribution is 5.68. The molecule has 35 heavy (non-hydrogen) atoms. The summed E-state index contributed by atoms with van der Waals surface area (Å²) in [5, 5.41) is 16.0. The van der Waals surface area contributed by atoms with Gasteiger partial charge in [0.25, 0.3) is 0 Å².